The number of fused-ring (bicyclic) bond motifs is 14. The Balaban J connectivity index is 0.000000111. The summed E-state index contributed by atoms with van der Waals surface area (Å²) in [5, 5.41) is 20.1. The molecular weight excluding hydrogens is 1490 g/mol. The fourth-order valence-electron chi connectivity index (χ4n) is 31.6. The number of hydrogen-bond acceptors (Lipinski definition) is 19. The molecule has 15 saturated carbocycles. The van der Waals surface area contributed by atoms with Crippen LogP contribution in [0.4, 0.5) is 0 Å². The van der Waals surface area contributed by atoms with Crippen molar-refractivity contribution in [1.82, 2.24) is 0 Å². The van der Waals surface area contributed by atoms with Gasteiger partial charge in [-0.15, -0.1) is 0 Å². The van der Waals surface area contributed by atoms with Crippen LogP contribution in [0.15, 0.2) is 35.1 Å². The van der Waals surface area contributed by atoms with Crippen LogP contribution in [0.5, 0.6) is 0 Å². The van der Waals surface area contributed by atoms with Crippen LogP contribution in [0.2, 0.25) is 0 Å². The van der Waals surface area contributed by atoms with Gasteiger partial charge in [0.25, 0.3) is 0 Å². The predicted octanol–water partition coefficient (Wildman–Crippen LogP) is 20.0. The summed E-state index contributed by atoms with van der Waals surface area (Å²) in [6.07, 6.45) is 57.2. The summed E-state index contributed by atoms with van der Waals surface area (Å²) in [5.74, 6) is 2.78. The van der Waals surface area contributed by atoms with E-state index in [-0.39, 0.29) is 107 Å². The van der Waals surface area contributed by atoms with Crippen LogP contribution in [-0.4, -0.2) is 162 Å². The molecule has 19 nitrogen and oxygen atoms in total. The molecule has 0 amide bonds. The summed E-state index contributed by atoms with van der Waals surface area (Å²) >= 11 is 0. The summed E-state index contributed by atoms with van der Waals surface area (Å²) in [6, 6.07) is 0. The lowest BCUT2D eigenvalue weighted by molar-refractivity contribution is -0.307. The van der Waals surface area contributed by atoms with Crippen molar-refractivity contribution < 1.29 is 91.0 Å². The van der Waals surface area contributed by atoms with Crippen molar-refractivity contribution in [2.75, 3.05) is 81.3 Å². The minimum absolute atomic E-state index is 0.00209. The third-order valence-corrected chi connectivity index (χ3v) is 37.6. The zero-order valence-electron chi connectivity index (χ0n) is 74.5. The molecule has 0 radical (unpaired) electrons. The van der Waals surface area contributed by atoms with Gasteiger partial charge in [0.1, 0.15) is 37.7 Å². The number of allylic oxidation sites excluding steroid dienone is 3. The Hall–Kier alpha value is -3.15. The molecule has 3 heterocycles. The second kappa shape index (κ2) is 35.9. The summed E-state index contributed by atoms with van der Waals surface area (Å²) in [6.45, 7) is 19.0. The van der Waals surface area contributed by atoms with E-state index >= 15 is 0 Å². The number of methoxy groups -OCH3 is 3. The van der Waals surface area contributed by atoms with E-state index in [4.69, 9.17) is 56.8 Å². The zero-order valence-corrected chi connectivity index (χ0v) is 74.5. The van der Waals surface area contributed by atoms with E-state index in [1.54, 1.807) is 21.3 Å². The standard InChI is InChI=1S/C18H26O4.C17H28O3.C17H26O3.C17H28O3.C17H26O3.C13H20O3/c1-16-8-9-18(21-10-11-22-18)17(6-2-3-7-17)14(16)5-4-13(12-19)15(16)20;2*1-15-9-10-17(19-11-12-20-17)16(7-2-3-8-16)13(15)5-4-6-14(15)18;2*1-16-11-8-14(18)17(9-3-4-10-17)13(16)6-5-7-15(16)20-12-19-2;1-13-7-6-11(14)8-10(13)4-3-5-12(13)16-9-15-2/h12,14,19H,2-11H2,1H3;13-14,18H,2-12H2,1H3;13H,2-12H2,1H3;13,15H,3-12H2,1-2H3;6,15H,3-5,7-12H2,1-2H3;8,12H,3-7,9H2,1-2H3/b13-12+;;;;;/t14-,16+;13-,14+,15+;13-,15+;13-,15+,16+;15-,16-;12-,13-/m111100/s1. The number of ketones is 5. The van der Waals surface area contributed by atoms with Gasteiger partial charge in [-0.05, 0) is 227 Å². The highest BCUT2D eigenvalue weighted by atomic mass is 16.8. The van der Waals surface area contributed by atoms with E-state index < -0.39 is 5.79 Å². The molecule has 0 aromatic rings. The number of hydrogen-bond donors (Lipinski definition) is 2. The minimum atomic E-state index is -0.450. The predicted molar refractivity (Wildman–Crippen MR) is 448 cm³/mol. The number of ether oxygens (including phenoxy) is 12. The molecule has 20 aliphatic rings. The maximum absolute atomic E-state index is 12.9. The van der Waals surface area contributed by atoms with Crippen molar-refractivity contribution in [3.8, 4) is 0 Å². The molecule has 664 valence electrons. The maximum atomic E-state index is 12.9. The molecule has 0 aromatic carbocycles. The largest absolute Gasteiger partial charge is 0.515 e. The molecule has 20 rings (SSSR count). The number of carbonyl (C=O) groups excluding carboxylic acids is 5. The number of aliphatic hydroxyl groups is 2. The minimum Gasteiger partial charge on any atom is -0.515 e. The number of rotatable bonds is 9. The van der Waals surface area contributed by atoms with Crippen LogP contribution in [0.25, 0.3) is 0 Å². The smallest absolute Gasteiger partial charge is 0.174 e. The van der Waals surface area contributed by atoms with Crippen LogP contribution in [-0.2, 0) is 80.8 Å². The number of Topliss-reactive ketones (excluding diaryl/α,β-unsaturated/α-hetero) is 4. The van der Waals surface area contributed by atoms with Gasteiger partial charge in [0, 0.05) is 115 Å². The van der Waals surface area contributed by atoms with Gasteiger partial charge in [-0.3, -0.25) is 24.0 Å². The highest BCUT2D eigenvalue weighted by Gasteiger charge is 2.73. The molecule has 8 spiro atoms. The van der Waals surface area contributed by atoms with E-state index in [0.717, 1.165) is 206 Å². The highest BCUT2D eigenvalue weighted by molar-refractivity contribution is 6.00. The number of carbonyl (C=O) groups is 5. The van der Waals surface area contributed by atoms with Crippen molar-refractivity contribution >= 4 is 28.9 Å². The Bertz CT molecular complexity index is 3600. The van der Waals surface area contributed by atoms with Gasteiger partial charge in [-0.2, -0.15) is 0 Å². The maximum Gasteiger partial charge on any atom is 0.174 e. The molecule has 2 N–H and O–H groups in total. The summed E-state index contributed by atoms with van der Waals surface area (Å²) in [7, 11) is 5.00. The SMILES string of the molecule is COCO[C@H]1CCC=C2C3(CCCC3)C(=O)CC[C@@]21C.COCO[C@H]1CCCC2=CC(=O)CC[C@@]21C.COCO[C@H]1CCC[C@H]2C3(CCCC3)C(=O)CC[C@]12C.C[C@]12CCC3(OCCO3)C3(CCCC3)[C@@H]1CC/C(=C\O)C2=O.C[C@]12CCC3(OCCO3)C3(CCCC3)[C@@H]1CCCC2=O.C[C@]12CCC3(OCCO3)C3(CCCC3)[C@@H]1CCC[C@@H]2O. The van der Waals surface area contributed by atoms with Gasteiger partial charge in [-0.1, -0.05) is 136 Å². The fourth-order valence-corrected chi connectivity index (χ4v) is 31.6. The second-order valence-electron chi connectivity index (χ2n) is 42.5. The summed E-state index contributed by atoms with van der Waals surface area (Å²) < 4.78 is 70.3. The fraction of sp³-hybridized carbons (Fsp3) is 0.889. The Morgan fingerprint density at radius 2 is 0.839 bits per heavy atom. The van der Waals surface area contributed by atoms with Gasteiger partial charge >= 0.3 is 0 Å². The molecular formula is C99H154O19. The zero-order chi connectivity index (χ0) is 83.1. The molecule has 0 aromatic heterocycles. The van der Waals surface area contributed by atoms with Crippen LogP contribution in [0.3, 0.4) is 0 Å². The van der Waals surface area contributed by atoms with Crippen molar-refractivity contribution in [3.05, 3.63) is 35.1 Å². The van der Waals surface area contributed by atoms with E-state index in [9.17, 15) is 34.2 Å². The first-order valence-electron chi connectivity index (χ1n) is 48.0. The van der Waals surface area contributed by atoms with Crippen molar-refractivity contribution in [1.29, 1.82) is 0 Å². The second-order valence-corrected chi connectivity index (χ2v) is 42.5. The molecule has 19 heteroatoms. The Morgan fingerprint density at radius 3 is 1.41 bits per heavy atom. The average molecular weight is 1650 g/mol. The molecule has 0 bridgehead atoms. The normalized spacial score (nSPS) is 40.2. The summed E-state index contributed by atoms with van der Waals surface area (Å²) in [5.41, 5.74) is 3.35. The van der Waals surface area contributed by atoms with Gasteiger partial charge in [0.15, 0.2) is 28.9 Å². The van der Waals surface area contributed by atoms with E-state index in [0.29, 0.717) is 93.0 Å². The van der Waals surface area contributed by atoms with Gasteiger partial charge in [-0.25, -0.2) is 0 Å². The Morgan fingerprint density at radius 1 is 0.381 bits per heavy atom. The third kappa shape index (κ3) is 15.1. The van der Waals surface area contributed by atoms with Crippen LogP contribution >= 0.6 is 0 Å². The first-order chi connectivity index (χ1) is 56.8. The van der Waals surface area contributed by atoms with Gasteiger partial charge in [0.2, 0.25) is 0 Å². The molecule has 0 unspecified atom stereocenters. The van der Waals surface area contributed by atoms with Crippen LogP contribution < -0.4 is 0 Å². The topological polar surface area (TPSA) is 237 Å². The van der Waals surface area contributed by atoms with E-state index in [2.05, 4.69) is 47.6 Å². The van der Waals surface area contributed by atoms with Gasteiger partial charge in [0.05, 0.1) is 75.7 Å². The average Bonchev–Trinajstić information content (AvgIpc) is 1.62. The van der Waals surface area contributed by atoms with E-state index in [1.807, 2.05) is 6.08 Å². The molecule has 118 heavy (non-hydrogen) atoms. The Labute approximate surface area is 707 Å². The van der Waals surface area contributed by atoms with Crippen molar-refractivity contribution in [2.45, 2.75) is 392 Å². The molecule has 3 saturated heterocycles. The highest BCUT2D eigenvalue weighted by Crippen LogP contribution is 2.73. The third-order valence-electron chi connectivity index (χ3n) is 37.6. The van der Waals surface area contributed by atoms with Crippen LogP contribution in [0.1, 0.15) is 350 Å². The van der Waals surface area contributed by atoms with Crippen molar-refractivity contribution in [3.63, 3.8) is 0 Å². The quantitative estimate of drug-likeness (QED) is 0.0944. The molecule has 3 aliphatic heterocycles. The monoisotopic (exact) mass is 1650 g/mol. The summed E-state index contributed by atoms with van der Waals surface area (Å²) in [4.78, 5) is 62.3. The lowest BCUT2D eigenvalue weighted by Crippen LogP contribution is -2.63. The first kappa shape index (κ1) is 89.7. The Kier molecular flexibility index (Phi) is 27.3. The van der Waals surface area contributed by atoms with E-state index in [1.165, 1.54) is 133 Å². The first-order valence-corrected chi connectivity index (χ1v) is 48.0. The van der Waals surface area contributed by atoms with Crippen LogP contribution in [0, 0.1) is 83.2 Å². The van der Waals surface area contributed by atoms with Gasteiger partial charge < -0.3 is 67.1 Å². The lowest BCUT2D eigenvalue weighted by atomic mass is 9.47. The van der Waals surface area contributed by atoms with Crippen molar-refractivity contribution in [2.24, 2.45) is 83.2 Å². The lowest BCUT2D eigenvalue weighted by Gasteiger charge is -2.62. The number of aliphatic hydroxyl groups excluding tert-OH is 2. The molecule has 17 aliphatic carbocycles. The molecule has 18 fully saturated rings. The molecule has 14 atom stereocenters.